The Bertz CT molecular complexity index is 1970. The van der Waals surface area contributed by atoms with E-state index in [0.717, 1.165) is 45.4 Å². The highest BCUT2D eigenvalue weighted by molar-refractivity contribution is 6.35. The molecule has 9 heteroatoms. The number of nitrogens with one attached hydrogen (secondary N) is 1. The molecule has 0 aliphatic heterocycles. The Kier molecular flexibility index (Phi) is 9.73. The Morgan fingerprint density at radius 2 is 1.46 bits per heavy atom. The summed E-state index contributed by atoms with van der Waals surface area (Å²) in [6, 6.07) is 37.3. The number of nitrogens with zero attached hydrogens (tertiary/aromatic N) is 1. The van der Waals surface area contributed by atoms with E-state index >= 15 is 0 Å². The molecule has 6 rings (SSSR count). The van der Waals surface area contributed by atoms with Gasteiger partial charge in [0, 0.05) is 36.2 Å². The normalized spacial score (nSPS) is 11.6. The third-order valence-electron chi connectivity index (χ3n) is 8.28. The van der Waals surface area contributed by atoms with Gasteiger partial charge in [0.15, 0.2) is 0 Å². The molecule has 0 aliphatic rings. The second-order valence-electron chi connectivity index (χ2n) is 11.3. The van der Waals surface area contributed by atoms with Crippen molar-refractivity contribution in [2.45, 2.75) is 25.1 Å². The molecule has 0 amide bonds. The summed E-state index contributed by atoms with van der Waals surface area (Å²) < 4.78 is 48.7. The van der Waals surface area contributed by atoms with E-state index in [1.54, 1.807) is 18.2 Å². The van der Waals surface area contributed by atoms with Crippen molar-refractivity contribution in [2.24, 2.45) is 0 Å². The Hall–Kier alpha value is -5.21. The van der Waals surface area contributed by atoms with E-state index in [1.165, 1.54) is 18.2 Å². The lowest BCUT2D eigenvalue weighted by molar-refractivity contribution is -0.137. The van der Waals surface area contributed by atoms with Crippen molar-refractivity contribution >= 4 is 34.2 Å². The number of ether oxygens (including phenoxy) is 1. The zero-order chi connectivity index (χ0) is 33.7. The lowest BCUT2D eigenvalue weighted by Gasteiger charge is -2.25. The van der Waals surface area contributed by atoms with Gasteiger partial charge in [0.25, 0.3) is 0 Å². The SMILES string of the molecule is O=C(O)c1ccc(OCCc2c(CCNc3cccc(C(F)(F)F)c3)n(C(c3ccccc3)c3ccccc3)c3cccc(Cl)c23)cc1. The minimum atomic E-state index is -4.44. The number of carbonyl (C=O) groups is 1. The number of aromatic nitrogens is 1. The van der Waals surface area contributed by atoms with Gasteiger partial charge in [0.1, 0.15) is 5.75 Å². The summed E-state index contributed by atoms with van der Waals surface area (Å²) in [4.78, 5) is 11.3. The lowest BCUT2D eigenvalue weighted by Crippen LogP contribution is -2.18. The first-order valence-electron chi connectivity index (χ1n) is 15.5. The zero-order valence-corrected chi connectivity index (χ0v) is 26.5. The van der Waals surface area contributed by atoms with Gasteiger partial charge in [0.05, 0.1) is 34.3 Å². The van der Waals surface area contributed by atoms with Crippen LogP contribution in [-0.4, -0.2) is 28.8 Å². The fourth-order valence-electron chi connectivity index (χ4n) is 6.14. The van der Waals surface area contributed by atoms with Crippen molar-refractivity contribution in [2.75, 3.05) is 18.5 Å². The van der Waals surface area contributed by atoms with E-state index in [9.17, 15) is 23.1 Å². The van der Waals surface area contributed by atoms with E-state index in [4.69, 9.17) is 16.3 Å². The van der Waals surface area contributed by atoms with Gasteiger partial charge in [-0.2, -0.15) is 13.2 Å². The molecular weight excluding hydrogens is 637 g/mol. The first-order valence-corrected chi connectivity index (χ1v) is 15.9. The number of hydrogen-bond acceptors (Lipinski definition) is 3. The molecule has 6 aromatic rings. The van der Waals surface area contributed by atoms with Crippen LogP contribution in [0, 0.1) is 0 Å². The fourth-order valence-corrected chi connectivity index (χ4v) is 6.42. The van der Waals surface area contributed by atoms with Gasteiger partial charge in [-0.25, -0.2) is 4.79 Å². The predicted octanol–water partition coefficient (Wildman–Crippen LogP) is 9.93. The number of alkyl halides is 3. The maximum atomic E-state index is 13.4. The molecule has 48 heavy (non-hydrogen) atoms. The molecule has 0 unspecified atom stereocenters. The quantitative estimate of drug-likeness (QED) is 0.136. The van der Waals surface area contributed by atoms with Crippen LogP contribution in [0.2, 0.25) is 5.02 Å². The topological polar surface area (TPSA) is 63.5 Å². The van der Waals surface area contributed by atoms with Crippen LogP contribution in [0.4, 0.5) is 18.9 Å². The van der Waals surface area contributed by atoms with Crippen LogP contribution in [-0.2, 0) is 19.0 Å². The molecule has 0 bridgehead atoms. The fraction of sp³-hybridized carbons (Fsp3) is 0.154. The molecule has 2 N–H and O–H groups in total. The highest BCUT2D eigenvalue weighted by Gasteiger charge is 2.30. The molecule has 5 nitrogen and oxygen atoms in total. The molecule has 1 aromatic heterocycles. The minimum absolute atomic E-state index is 0.167. The Balaban J connectivity index is 1.43. The van der Waals surface area contributed by atoms with E-state index in [0.29, 0.717) is 35.8 Å². The van der Waals surface area contributed by atoms with Crippen molar-refractivity contribution in [3.05, 3.63) is 166 Å². The Labute approximate surface area is 281 Å². The number of benzene rings is 5. The zero-order valence-electron chi connectivity index (χ0n) is 25.8. The van der Waals surface area contributed by atoms with Crippen LogP contribution < -0.4 is 10.1 Å². The lowest BCUT2D eigenvalue weighted by atomic mass is 9.97. The number of hydrogen-bond donors (Lipinski definition) is 2. The average molecular weight is 669 g/mol. The summed E-state index contributed by atoms with van der Waals surface area (Å²) in [6.07, 6.45) is -3.50. The molecule has 5 aromatic carbocycles. The Morgan fingerprint density at radius 1 is 0.812 bits per heavy atom. The summed E-state index contributed by atoms with van der Waals surface area (Å²) >= 11 is 6.95. The third-order valence-corrected chi connectivity index (χ3v) is 8.60. The van der Waals surface area contributed by atoms with Gasteiger partial charge < -0.3 is 19.7 Å². The summed E-state index contributed by atoms with van der Waals surface area (Å²) in [5.74, 6) is -0.479. The summed E-state index contributed by atoms with van der Waals surface area (Å²) in [5, 5.41) is 13.9. The van der Waals surface area contributed by atoms with Crippen molar-refractivity contribution in [3.63, 3.8) is 0 Å². The number of anilines is 1. The highest BCUT2D eigenvalue weighted by atomic mass is 35.5. The van der Waals surface area contributed by atoms with Crippen LogP contribution in [0.5, 0.6) is 5.75 Å². The molecule has 0 atom stereocenters. The number of fused-ring (bicyclic) bond motifs is 1. The molecule has 1 heterocycles. The largest absolute Gasteiger partial charge is 0.493 e. The van der Waals surface area contributed by atoms with Crippen molar-refractivity contribution < 1.29 is 27.8 Å². The van der Waals surface area contributed by atoms with Crippen LogP contribution >= 0.6 is 11.6 Å². The molecule has 0 saturated carbocycles. The van der Waals surface area contributed by atoms with Gasteiger partial charge in [-0.05, 0) is 71.3 Å². The molecule has 0 aliphatic carbocycles. The molecule has 0 radical (unpaired) electrons. The number of carboxylic acid groups (broad SMARTS) is 1. The molecule has 0 fully saturated rings. The maximum absolute atomic E-state index is 13.4. The van der Waals surface area contributed by atoms with Gasteiger partial charge in [0.2, 0.25) is 0 Å². The Morgan fingerprint density at radius 3 is 2.08 bits per heavy atom. The van der Waals surface area contributed by atoms with Gasteiger partial charge >= 0.3 is 12.1 Å². The first-order chi connectivity index (χ1) is 23.2. The first kappa shape index (κ1) is 32.7. The predicted molar refractivity (Wildman–Crippen MR) is 183 cm³/mol. The number of aromatic carboxylic acids is 1. The van der Waals surface area contributed by atoms with Crippen LogP contribution in [0.3, 0.4) is 0 Å². The van der Waals surface area contributed by atoms with Crippen LogP contribution in [0.15, 0.2) is 127 Å². The van der Waals surface area contributed by atoms with Crippen molar-refractivity contribution in [1.82, 2.24) is 4.57 Å². The van der Waals surface area contributed by atoms with E-state index in [2.05, 4.69) is 34.1 Å². The summed E-state index contributed by atoms with van der Waals surface area (Å²) in [5.41, 5.74) is 4.83. The monoisotopic (exact) mass is 668 g/mol. The van der Waals surface area contributed by atoms with Crippen LogP contribution in [0.25, 0.3) is 10.9 Å². The average Bonchev–Trinajstić information content (AvgIpc) is 3.39. The second kappa shape index (κ2) is 14.3. The minimum Gasteiger partial charge on any atom is -0.493 e. The van der Waals surface area contributed by atoms with Crippen molar-refractivity contribution in [1.29, 1.82) is 0 Å². The smallest absolute Gasteiger partial charge is 0.416 e. The van der Waals surface area contributed by atoms with E-state index in [1.807, 2.05) is 54.6 Å². The molecule has 0 saturated heterocycles. The standard InChI is InChI=1S/C39H32ClF3N2O3/c40-33-15-8-16-35-36(33)32(22-24-48-31-19-17-28(18-20-31)38(46)47)34(21-23-44-30-14-7-13-29(25-30)39(41,42)43)45(35)37(26-9-3-1-4-10-26)27-11-5-2-6-12-27/h1-20,25,37,44H,21-24H2,(H,46,47). The highest BCUT2D eigenvalue weighted by Crippen LogP contribution is 2.39. The van der Waals surface area contributed by atoms with Gasteiger partial charge in [-0.1, -0.05) is 84.4 Å². The summed E-state index contributed by atoms with van der Waals surface area (Å²) in [6.45, 7) is 0.641. The van der Waals surface area contributed by atoms with Gasteiger partial charge in [-0.3, -0.25) is 0 Å². The van der Waals surface area contributed by atoms with E-state index in [-0.39, 0.29) is 18.2 Å². The molecule has 0 spiro atoms. The maximum Gasteiger partial charge on any atom is 0.416 e. The van der Waals surface area contributed by atoms with E-state index < -0.39 is 17.7 Å². The number of rotatable bonds is 12. The van der Waals surface area contributed by atoms with Crippen molar-refractivity contribution in [3.8, 4) is 5.75 Å². The molecular formula is C39H32ClF3N2O3. The van der Waals surface area contributed by atoms with Crippen LogP contribution in [0.1, 0.15) is 44.3 Å². The number of carboxylic acids is 1. The second-order valence-corrected chi connectivity index (χ2v) is 11.7. The number of halogens is 4. The molecule has 244 valence electrons. The third kappa shape index (κ3) is 7.19. The van der Waals surface area contributed by atoms with Gasteiger partial charge in [-0.15, -0.1) is 0 Å². The summed E-state index contributed by atoms with van der Waals surface area (Å²) in [7, 11) is 0.